The van der Waals surface area contributed by atoms with Crippen LogP contribution in [0.25, 0.3) is 0 Å². The molecule has 2 heterocycles. The molecule has 6 nitrogen and oxygen atoms in total. The second-order valence-electron chi connectivity index (χ2n) is 10.1. The summed E-state index contributed by atoms with van der Waals surface area (Å²) in [7, 11) is 9.40. The smallest absolute Gasteiger partial charge is 0.196 e. The van der Waals surface area contributed by atoms with Crippen molar-refractivity contribution in [1.29, 1.82) is 0 Å². The molecule has 3 atom stereocenters. The number of halogens is 1. The van der Waals surface area contributed by atoms with Crippen LogP contribution >= 0.6 is 0 Å². The van der Waals surface area contributed by atoms with Gasteiger partial charge in [0.25, 0.3) is 0 Å². The molecule has 4 aliphatic carbocycles. The van der Waals surface area contributed by atoms with Crippen LogP contribution in [-0.2, 0) is 7.05 Å². The lowest BCUT2D eigenvalue weighted by atomic mass is 9.49. The Balaban J connectivity index is 1.33. The van der Waals surface area contributed by atoms with Crippen molar-refractivity contribution in [3.8, 4) is 0 Å². The van der Waals surface area contributed by atoms with Gasteiger partial charge < -0.3 is 14.8 Å². The highest BCUT2D eigenvalue weighted by Crippen LogP contribution is 2.59. The maximum Gasteiger partial charge on any atom is 0.196 e. The number of aryl methyl sites for hydroxylation is 1. The summed E-state index contributed by atoms with van der Waals surface area (Å²) in [6.45, 7) is 1.44. The van der Waals surface area contributed by atoms with E-state index in [0.29, 0.717) is 36.5 Å². The first-order valence-electron chi connectivity index (χ1n) is 10.9. The third-order valence-corrected chi connectivity index (χ3v) is 8.16. The van der Waals surface area contributed by atoms with Crippen molar-refractivity contribution in [3.05, 3.63) is 11.5 Å². The molecule has 2 radical (unpaired) electrons. The topological polar surface area (TPSA) is 61.6 Å². The summed E-state index contributed by atoms with van der Waals surface area (Å²) in [5, 5.41) is 15.0. The molecule has 8 heteroatoms. The van der Waals surface area contributed by atoms with Gasteiger partial charge in [-0.25, -0.2) is 9.07 Å². The Morgan fingerprint density at radius 2 is 2.03 bits per heavy atom. The summed E-state index contributed by atoms with van der Waals surface area (Å²) in [5.41, 5.74) is -0.551. The van der Waals surface area contributed by atoms with Crippen LogP contribution in [0.3, 0.4) is 0 Å². The monoisotopic (exact) mass is 400 g/mol. The lowest BCUT2D eigenvalue weighted by Crippen LogP contribution is -2.54. The molecular weight excluding hydrogens is 370 g/mol. The van der Waals surface area contributed by atoms with Crippen LogP contribution < -0.4 is 4.90 Å². The Kier molecular flexibility index (Phi) is 4.59. The van der Waals surface area contributed by atoms with Crippen molar-refractivity contribution in [3.63, 3.8) is 0 Å². The maximum absolute atomic E-state index is 15.3. The Hall–Kier alpha value is -1.41. The van der Waals surface area contributed by atoms with E-state index >= 15 is 4.39 Å². The van der Waals surface area contributed by atoms with E-state index in [2.05, 4.69) is 5.10 Å². The van der Waals surface area contributed by atoms with Crippen LogP contribution in [0.15, 0.2) is 0 Å². The number of carbonyl (C=O) groups is 1. The molecule has 1 N–H and O–H groups in total. The molecule has 0 spiro atoms. The average molecular weight is 400 g/mol. The summed E-state index contributed by atoms with van der Waals surface area (Å²) < 4.78 is 16.8. The first-order chi connectivity index (χ1) is 13.7. The zero-order chi connectivity index (χ0) is 20.5. The minimum absolute atomic E-state index is 0.0375. The van der Waals surface area contributed by atoms with Crippen molar-refractivity contribution < 1.29 is 14.3 Å². The first-order valence-corrected chi connectivity index (χ1v) is 10.9. The van der Waals surface area contributed by atoms with Crippen LogP contribution in [0.4, 0.5) is 10.2 Å². The number of aliphatic hydroxyl groups is 1. The van der Waals surface area contributed by atoms with Gasteiger partial charge in [-0.15, -0.1) is 0 Å². The van der Waals surface area contributed by atoms with Gasteiger partial charge in [-0.1, -0.05) is 0 Å². The van der Waals surface area contributed by atoms with Crippen molar-refractivity contribution in [2.24, 2.45) is 30.7 Å². The predicted molar refractivity (Wildman–Crippen MR) is 108 cm³/mol. The molecule has 0 aromatic carbocycles. The molecule has 6 rings (SSSR count). The van der Waals surface area contributed by atoms with Gasteiger partial charge in [0.1, 0.15) is 0 Å². The lowest BCUT2D eigenvalue weighted by Gasteiger charge is -2.58. The molecular formula is C21H30BFN4O2. The number of hydrogen-bond acceptors (Lipinski definition) is 5. The summed E-state index contributed by atoms with van der Waals surface area (Å²) in [4.78, 5) is 16.7. The molecule has 29 heavy (non-hydrogen) atoms. The van der Waals surface area contributed by atoms with Crippen LogP contribution in [0.5, 0.6) is 0 Å². The summed E-state index contributed by atoms with van der Waals surface area (Å²) >= 11 is 0. The van der Waals surface area contributed by atoms with Crippen LogP contribution in [0, 0.1) is 29.5 Å². The second-order valence-corrected chi connectivity index (χ2v) is 10.1. The Morgan fingerprint density at radius 1 is 1.34 bits per heavy atom. The Morgan fingerprint density at radius 3 is 2.62 bits per heavy atom. The van der Waals surface area contributed by atoms with Gasteiger partial charge >= 0.3 is 0 Å². The number of anilines is 1. The van der Waals surface area contributed by atoms with E-state index < -0.39 is 11.4 Å². The first kappa shape index (κ1) is 19.6. The fourth-order valence-corrected chi connectivity index (χ4v) is 7.04. The predicted octanol–water partition coefficient (Wildman–Crippen LogP) is 1.91. The summed E-state index contributed by atoms with van der Waals surface area (Å²) in [5.74, 6) is 1.27. The van der Waals surface area contributed by atoms with Gasteiger partial charge in [-0.3, -0.25) is 4.79 Å². The number of aromatic nitrogens is 2. The van der Waals surface area contributed by atoms with Crippen LogP contribution in [-0.4, -0.2) is 65.2 Å². The van der Waals surface area contributed by atoms with E-state index in [1.54, 1.807) is 11.9 Å². The van der Waals surface area contributed by atoms with E-state index in [0.717, 1.165) is 45.1 Å². The molecule has 156 valence electrons. The normalized spacial score (nSPS) is 38.7. The minimum Gasteiger partial charge on any atom is -0.390 e. The van der Waals surface area contributed by atoms with E-state index in [-0.39, 0.29) is 23.4 Å². The van der Waals surface area contributed by atoms with Gasteiger partial charge in [0, 0.05) is 33.1 Å². The number of carbonyl (C=O) groups excluding carboxylic acids is 1. The molecule has 4 saturated carbocycles. The fourth-order valence-electron chi connectivity index (χ4n) is 7.04. The summed E-state index contributed by atoms with van der Waals surface area (Å²) in [6, 6.07) is 0.109. The van der Waals surface area contributed by atoms with Crippen molar-refractivity contribution in [2.45, 2.75) is 56.6 Å². The Labute approximate surface area is 172 Å². The van der Waals surface area contributed by atoms with Gasteiger partial charge in [-0.05, 0) is 68.7 Å². The van der Waals surface area contributed by atoms with Crippen molar-refractivity contribution in [2.75, 3.05) is 25.0 Å². The Bertz CT molecular complexity index is 814. The number of rotatable bonds is 5. The quantitative estimate of drug-likeness (QED) is 0.605. The molecule has 1 aromatic heterocycles. The van der Waals surface area contributed by atoms with Gasteiger partial charge in [0.2, 0.25) is 0 Å². The zero-order valence-electron chi connectivity index (χ0n) is 17.4. The fraction of sp³-hybridized carbons (Fsp3) is 0.810. The van der Waals surface area contributed by atoms with Gasteiger partial charge in [-0.2, -0.15) is 5.10 Å². The molecule has 5 fully saturated rings. The van der Waals surface area contributed by atoms with Gasteiger partial charge in [0.05, 0.1) is 5.60 Å². The average Bonchev–Trinajstić information content (AvgIpc) is 3.19. The largest absolute Gasteiger partial charge is 0.390 e. The number of nitrogens with zero attached hydrogens (tertiary/aromatic N) is 4. The van der Waals surface area contributed by atoms with E-state index in [4.69, 9.17) is 7.98 Å². The van der Waals surface area contributed by atoms with Crippen LogP contribution in [0.1, 0.15) is 55.4 Å². The highest BCUT2D eigenvalue weighted by molar-refractivity contribution is 6.04. The standard InChI is InChI=1S/C21H30BFN4O2/c1-25(15-3-4-27(22)11-15)20-18(23)19(24-26(20)2)17(28)7-16-13-5-12-6-14(16)10-21(29,8-12)9-13/h12-16,29H,3-11H2,1-2H3/t12?,13?,14?,15-,16?,21?/m0/s1. The van der Waals surface area contributed by atoms with E-state index in [9.17, 15) is 9.90 Å². The minimum atomic E-state index is -0.516. The molecule has 1 aromatic rings. The SMILES string of the molecule is [B]N1CC[C@H](N(C)c2c(F)c(C(=O)CC3C4CC5CC3CC(O)(C5)C4)nn2C)C1. The maximum atomic E-state index is 15.3. The molecule has 4 bridgehead atoms. The van der Waals surface area contributed by atoms with Crippen LogP contribution in [0.2, 0.25) is 0 Å². The third-order valence-electron chi connectivity index (χ3n) is 8.16. The highest BCUT2D eigenvalue weighted by atomic mass is 19.1. The van der Waals surface area contributed by atoms with Crippen molar-refractivity contribution in [1.82, 2.24) is 14.6 Å². The molecule has 0 amide bonds. The molecule has 1 aliphatic heterocycles. The van der Waals surface area contributed by atoms with E-state index in [1.807, 2.05) is 11.9 Å². The zero-order valence-corrected chi connectivity index (χ0v) is 17.4. The number of ketones is 1. The molecule has 2 unspecified atom stereocenters. The number of hydrogen-bond donors (Lipinski definition) is 1. The highest BCUT2D eigenvalue weighted by Gasteiger charge is 2.55. The second kappa shape index (κ2) is 6.81. The molecule has 5 aliphatic rings. The third kappa shape index (κ3) is 3.23. The van der Waals surface area contributed by atoms with E-state index in [1.165, 1.54) is 4.68 Å². The lowest BCUT2D eigenvalue weighted by molar-refractivity contribution is -0.151. The summed E-state index contributed by atoms with van der Waals surface area (Å²) in [6.07, 6.45) is 5.93. The number of likely N-dealkylation sites (N-methyl/N-ethyl adjacent to an activating group) is 1. The van der Waals surface area contributed by atoms with Gasteiger partial charge in [0.15, 0.2) is 31.1 Å². The molecule has 1 saturated heterocycles. The van der Waals surface area contributed by atoms with Crippen molar-refractivity contribution >= 4 is 19.6 Å². The number of Topliss-reactive ketones (excluding diaryl/α,β-unsaturated/α-hetero) is 1.